The second-order valence-electron chi connectivity index (χ2n) is 6.00. The Morgan fingerprint density at radius 3 is 2.82 bits per heavy atom. The molecule has 1 aromatic heterocycles. The first-order valence-electron chi connectivity index (χ1n) is 8.43. The van der Waals surface area contributed by atoms with E-state index in [0.717, 1.165) is 17.3 Å². The van der Waals surface area contributed by atoms with Crippen LogP contribution in [0.5, 0.6) is 0 Å². The largest absolute Gasteiger partial charge is 0.351 e. The van der Waals surface area contributed by atoms with Gasteiger partial charge >= 0.3 is 0 Å². The summed E-state index contributed by atoms with van der Waals surface area (Å²) in [7, 11) is 0. The van der Waals surface area contributed by atoms with Crippen molar-refractivity contribution >= 4 is 29.3 Å². The minimum absolute atomic E-state index is 0.0268. The van der Waals surface area contributed by atoms with Crippen LogP contribution >= 0.6 is 23.4 Å². The van der Waals surface area contributed by atoms with E-state index in [1.165, 1.54) is 23.0 Å². The van der Waals surface area contributed by atoms with Crippen LogP contribution in [0, 0.1) is 12.7 Å². The highest BCUT2D eigenvalue weighted by Gasteiger charge is 2.11. The summed E-state index contributed by atoms with van der Waals surface area (Å²) >= 11 is 7.09. The molecule has 0 aliphatic carbocycles. The van der Waals surface area contributed by atoms with Crippen molar-refractivity contribution in [3.8, 4) is 5.69 Å². The number of hydrogen-bond donors (Lipinski definition) is 1. The van der Waals surface area contributed by atoms with Crippen LogP contribution in [0.25, 0.3) is 5.69 Å². The molecule has 0 atom stereocenters. The molecular formula is C20H17ClFN3O2S. The summed E-state index contributed by atoms with van der Waals surface area (Å²) in [5, 5.41) is 3.50. The second kappa shape index (κ2) is 9.03. The van der Waals surface area contributed by atoms with Crippen LogP contribution in [0.4, 0.5) is 4.39 Å². The van der Waals surface area contributed by atoms with Gasteiger partial charge in [-0.3, -0.25) is 14.2 Å². The Labute approximate surface area is 170 Å². The van der Waals surface area contributed by atoms with Gasteiger partial charge in [0.1, 0.15) is 5.82 Å². The summed E-state index contributed by atoms with van der Waals surface area (Å²) in [6, 6.07) is 11.8. The van der Waals surface area contributed by atoms with Crippen LogP contribution in [-0.4, -0.2) is 21.2 Å². The van der Waals surface area contributed by atoms with Crippen molar-refractivity contribution in [2.75, 3.05) is 5.75 Å². The zero-order valence-corrected chi connectivity index (χ0v) is 16.6. The van der Waals surface area contributed by atoms with Crippen molar-refractivity contribution in [2.45, 2.75) is 18.5 Å². The lowest BCUT2D eigenvalue weighted by atomic mass is 10.2. The number of carbonyl (C=O) groups excluding carboxylic acids is 1. The molecule has 0 fully saturated rings. The molecule has 0 saturated carbocycles. The molecule has 28 heavy (non-hydrogen) atoms. The summed E-state index contributed by atoms with van der Waals surface area (Å²) in [6.45, 7) is 1.95. The Morgan fingerprint density at radius 2 is 2.07 bits per heavy atom. The zero-order chi connectivity index (χ0) is 20.1. The van der Waals surface area contributed by atoms with Gasteiger partial charge in [0.05, 0.1) is 11.4 Å². The molecule has 0 bridgehead atoms. The van der Waals surface area contributed by atoms with Gasteiger partial charge in [0, 0.05) is 24.0 Å². The predicted octanol–water partition coefficient (Wildman–Crippen LogP) is 3.74. The standard InChI is InChI=1S/C20H17ClFN3O2S/c1-13-6-7-15(10-17(13)22)25-9-8-23-19(20(25)27)28-12-18(26)24-11-14-4-2-3-5-16(14)21/h2-10H,11-12H2,1H3,(H,24,26). The van der Waals surface area contributed by atoms with Gasteiger partial charge in [-0.15, -0.1) is 0 Å². The van der Waals surface area contributed by atoms with Crippen LogP contribution in [0.1, 0.15) is 11.1 Å². The lowest BCUT2D eigenvalue weighted by Crippen LogP contribution is -2.26. The molecule has 0 spiro atoms. The second-order valence-corrected chi connectivity index (χ2v) is 7.37. The molecular weight excluding hydrogens is 401 g/mol. The Balaban J connectivity index is 1.66. The van der Waals surface area contributed by atoms with Crippen molar-refractivity contribution in [1.29, 1.82) is 0 Å². The summed E-state index contributed by atoms with van der Waals surface area (Å²) in [5.41, 5.74) is 1.30. The summed E-state index contributed by atoms with van der Waals surface area (Å²) < 4.78 is 15.1. The minimum atomic E-state index is -0.408. The fourth-order valence-corrected chi connectivity index (χ4v) is 3.38. The average molecular weight is 418 g/mol. The van der Waals surface area contributed by atoms with Gasteiger partial charge in [-0.1, -0.05) is 47.6 Å². The predicted molar refractivity (Wildman–Crippen MR) is 109 cm³/mol. The van der Waals surface area contributed by atoms with Crippen LogP contribution in [0.2, 0.25) is 5.02 Å². The van der Waals surface area contributed by atoms with E-state index >= 15 is 0 Å². The molecule has 0 aliphatic rings. The van der Waals surface area contributed by atoms with Crippen molar-refractivity contribution in [2.24, 2.45) is 0 Å². The van der Waals surface area contributed by atoms with E-state index in [1.54, 1.807) is 25.1 Å². The number of nitrogens with one attached hydrogen (secondary N) is 1. The van der Waals surface area contributed by atoms with Gasteiger partial charge in [0.2, 0.25) is 5.91 Å². The Kier molecular flexibility index (Phi) is 6.49. The maximum atomic E-state index is 13.8. The summed E-state index contributed by atoms with van der Waals surface area (Å²) in [4.78, 5) is 28.7. The summed E-state index contributed by atoms with van der Waals surface area (Å²) in [5.74, 6) is -0.615. The van der Waals surface area contributed by atoms with E-state index in [1.807, 2.05) is 18.2 Å². The van der Waals surface area contributed by atoms with Crippen molar-refractivity contribution in [3.05, 3.63) is 87.2 Å². The highest BCUT2D eigenvalue weighted by atomic mass is 35.5. The Bertz CT molecular complexity index is 1070. The van der Waals surface area contributed by atoms with Crippen LogP contribution in [0.3, 0.4) is 0 Å². The van der Waals surface area contributed by atoms with Crippen molar-refractivity contribution in [3.63, 3.8) is 0 Å². The van der Waals surface area contributed by atoms with E-state index < -0.39 is 11.4 Å². The van der Waals surface area contributed by atoms with Gasteiger partial charge in [0.15, 0.2) is 5.03 Å². The van der Waals surface area contributed by atoms with E-state index in [-0.39, 0.29) is 16.7 Å². The molecule has 144 valence electrons. The van der Waals surface area contributed by atoms with E-state index in [0.29, 0.717) is 22.8 Å². The summed E-state index contributed by atoms with van der Waals surface area (Å²) in [6.07, 6.45) is 2.91. The molecule has 0 radical (unpaired) electrons. The Hall–Kier alpha value is -2.64. The van der Waals surface area contributed by atoms with Gasteiger partial charge in [-0.25, -0.2) is 9.37 Å². The quantitative estimate of drug-likeness (QED) is 0.620. The number of nitrogens with zero attached hydrogens (tertiary/aromatic N) is 2. The molecule has 1 amide bonds. The fourth-order valence-electron chi connectivity index (χ4n) is 2.45. The molecule has 2 aromatic carbocycles. The number of hydrogen-bond acceptors (Lipinski definition) is 4. The molecule has 3 rings (SSSR count). The Morgan fingerprint density at radius 1 is 1.29 bits per heavy atom. The first-order chi connectivity index (χ1) is 13.5. The van der Waals surface area contributed by atoms with Crippen molar-refractivity contribution in [1.82, 2.24) is 14.9 Å². The third kappa shape index (κ3) is 4.79. The highest BCUT2D eigenvalue weighted by molar-refractivity contribution is 7.99. The highest BCUT2D eigenvalue weighted by Crippen LogP contribution is 2.16. The molecule has 8 heteroatoms. The number of halogens is 2. The number of rotatable bonds is 6. The van der Waals surface area contributed by atoms with Crippen molar-refractivity contribution < 1.29 is 9.18 Å². The SMILES string of the molecule is Cc1ccc(-n2ccnc(SCC(=O)NCc3ccccc3Cl)c2=O)cc1F. The topological polar surface area (TPSA) is 64.0 Å². The normalized spacial score (nSPS) is 10.7. The number of aryl methyl sites for hydroxylation is 1. The first-order valence-corrected chi connectivity index (χ1v) is 9.79. The third-order valence-corrected chi connectivity index (χ3v) is 5.35. The van der Waals surface area contributed by atoms with Crippen LogP contribution in [0.15, 0.2) is 64.7 Å². The average Bonchev–Trinajstić information content (AvgIpc) is 2.69. The smallest absolute Gasteiger partial charge is 0.287 e. The number of benzene rings is 2. The molecule has 1 N–H and O–H groups in total. The molecule has 0 saturated heterocycles. The number of aromatic nitrogens is 2. The third-order valence-electron chi connectivity index (χ3n) is 4.02. The molecule has 5 nitrogen and oxygen atoms in total. The molecule has 0 unspecified atom stereocenters. The lowest BCUT2D eigenvalue weighted by Gasteiger charge is -2.09. The lowest BCUT2D eigenvalue weighted by molar-refractivity contribution is -0.118. The molecule has 1 heterocycles. The molecule has 3 aromatic rings. The first kappa shape index (κ1) is 20.1. The monoisotopic (exact) mass is 417 g/mol. The van der Waals surface area contributed by atoms with Crippen LogP contribution < -0.4 is 10.9 Å². The number of carbonyl (C=O) groups is 1. The van der Waals surface area contributed by atoms with Gasteiger partial charge in [-0.05, 0) is 36.2 Å². The fraction of sp³-hybridized carbons (Fsp3) is 0.150. The maximum absolute atomic E-state index is 13.8. The minimum Gasteiger partial charge on any atom is -0.351 e. The number of amides is 1. The van der Waals surface area contributed by atoms with Gasteiger partial charge in [0.25, 0.3) is 5.56 Å². The zero-order valence-electron chi connectivity index (χ0n) is 15.0. The van der Waals surface area contributed by atoms with E-state index in [2.05, 4.69) is 10.3 Å². The maximum Gasteiger partial charge on any atom is 0.287 e. The van der Waals surface area contributed by atoms with E-state index in [4.69, 9.17) is 11.6 Å². The van der Waals surface area contributed by atoms with E-state index in [9.17, 15) is 14.0 Å². The van der Waals surface area contributed by atoms with Crippen LogP contribution in [-0.2, 0) is 11.3 Å². The van der Waals surface area contributed by atoms with Gasteiger partial charge < -0.3 is 5.32 Å². The van der Waals surface area contributed by atoms with Gasteiger partial charge in [-0.2, -0.15) is 0 Å². The number of thioether (sulfide) groups is 1. The molecule has 0 aliphatic heterocycles.